The predicted molar refractivity (Wildman–Crippen MR) is 90.4 cm³/mol. The topological polar surface area (TPSA) is 37.6 Å². The van der Waals surface area contributed by atoms with Crippen LogP contribution in [0, 0.1) is 0 Å². The molecular formula is C17H22F2N3OS+. The van der Waals surface area contributed by atoms with Crippen LogP contribution in [0.5, 0.6) is 0 Å². The summed E-state index contributed by atoms with van der Waals surface area (Å²) in [4.78, 5) is 18.6. The Kier molecular flexibility index (Phi) is 6.39. The van der Waals surface area contributed by atoms with E-state index < -0.39 is 12.0 Å². The Balaban J connectivity index is 2.29. The van der Waals surface area contributed by atoms with Gasteiger partial charge in [0.05, 0.1) is 31.1 Å². The molecule has 0 aromatic carbocycles. The number of quaternary nitrogens is 1. The molecular weight excluding hydrogens is 332 g/mol. The Hall–Kier alpha value is -1.86. The highest BCUT2D eigenvalue weighted by Crippen LogP contribution is 2.33. The number of nitrogens with zero attached hydrogens (tertiary/aromatic N) is 2. The number of carbonyl (C=O) groups is 1. The lowest BCUT2D eigenvalue weighted by atomic mass is 10.2. The van der Waals surface area contributed by atoms with Crippen molar-refractivity contribution in [3.63, 3.8) is 0 Å². The summed E-state index contributed by atoms with van der Waals surface area (Å²) in [5.41, 5.74) is -0.225. The van der Waals surface area contributed by atoms with Gasteiger partial charge in [-0.15, -0.1) is 11.3 Å². The number of alkyl halides is 2. The van der Waals surface area contributed by atoms with Gasteiger partial charge in [0, 0.05) is 18.0 Å². The molecule has 0 atom stereocenters. The number of pyridine rings is 1. The third kappa shape index (κ3) is 4.15. The monoisotopic (exact) mass is 354 g/mol. The summed E-state index contributed by atoms with van der Waals surface area (Å²) < 4.78 is 30.0. The second kappa shape index (κ2) is 8.30. The largest absolute Gasteiger partial charge is 0.355 e. The van der Waals surface area contributed by atoms with E-state index in [2.05, 4.69) is 4.98 Å². The summed E-state index contributed by atoms with van der Waals surface area (Å²) in [6.07, 6.45) is 2.62. The molecule has 0 saturated heterocycles. The van der Waals surface area contributed by atoms with Gasteiger partial charge in [-0.1, -0.05) is 6.07 Å². The summed E-state index contributed by atoms with van der Waals surface area (Å²) in [5, 5.41) is 1.71. The number of hydrogen-bond donors (Lipinski definition) is 1. The minimum absolute atomic E-state index is 0.0108. The van der Waals surface area contributed by atoms with E-state index in [4.69, 9.17) is 0 Å². The van der Waals surface area contributed by atoms with Crippen molar-refractivity contribution >= 4 is 17.2 Å². The van der Waals surface area contributed by atoms with Crippen molar-refractivity contribution in [3.8, 4) is 0 Å². The first-order chi connectivity index (χ1) is 11.5. The molecule has 2 aromatic rings. The van der Waals surface area contributed by atoms with Crippen LogP contribution in [0.2, 0.25) is 0 Å². The number of halogens is 2. The van der Waals surface area contributed by atoms with Crippen LogP contribution in [0.4, 0.5) is 8.78 Å². The van der Waals surface area contributed by atoms with E-state index in [0.717, 1.165) is 13.1 Å². The minimum Gasteiger partial charge on any atom is -0.334 e. The number of nitrogens with one attached hydrogen (secondary N) is 1. The van der Waals surface area contributed by atoms with E-state index in [-0.39, 0.29) is 12.1 Å². The molecule has 1 N–H and O–H groups in total. The van der Waals surface area contributed by atoms with Crippen LogP contribution < -0.4 is 4.90 Å². The van der Waals surface area contributed by atoms with Crippen molar-refractivity contribution in [2.75, 3.05) is 26.2 Å². The number of carbonyl (C=O) groups excluding carboxylic acids is 1. The maximum atomic E-state index is 15.0. The second-order valence-corrected chi connectivity index (χ2v) is 6.37. The second-order valence-electron chi connectivity index (χ2n) is 5.42. The van der Waals surface area contributed by atoms with Crippen LogP contribution in [-0.4, -0.2) is 42.0 Å². The average Bonchev–Trinajstić information content (AvgIpc) is 3.13. The van der Waals surface area contributed by atoms with Crippen LogP contribution in [0.3, 0.4) is 0 Å². The highest BCUT2D eigenvalue weighted by Gasteiger charge is 2.43. The molecule has 0 radical (unpaired) electrons. The zero-order valence-corrected chi connectivity index (χ0v) is 14.7. The van der Waals surface area contributed by atoms with Gasteiger partial charge in [-0.25, -0.2) is 0 Å². The molecule has 1 amide bonds. The molecule has 0 bridgehead atoms. The summed E-state index contributed by atoms with van der Waals surface area (Å²) in [6.45, 7) is 6.14. The average molecular weight is 354 g/mol. The lowest BCUT2D eigenvalue weighted by molar-refractivity contribution is -0.895. The Morgan fingerprint density at radius 1 is 1.25 bits per heavy atom. The van der Waals surface area contributed by atoms with E-state index in [1.807, 2.05) is 13.8 Å². The molecule has 0 aliphatic rings. The molecule has 0 saturated carbocycles. The number of aromatic nitrogens is 1. The lowest BCUT2D eigenvalue weighted by Crippen LogP contribution is -3.12. The van der Waals surface area contributed by atoms with Crippen LogP contribution in [-0.2, 0) is 6.05 Å². The molecule has 0 unspecified atom stereocenters. The van der Waals surface area contributed by atoms with Gasteiger partial charge < -0.3 is 4.90 Å². The fraction of sp³-hybridized carbons (Fsp3) is 0.412. The molecule has 0 spiro atoms. The van der Waals surface area contributed by atoms with Gasteiger partial charge in [-0.2, -0.15) is 8.78 Å². The fourth-order valence-electron chi connectivity index (χ4n) is 2.48. The van der Waals surface area contributed by atoms with Crippen molar-refractivity contribution in [2.24, 2.45) is 0 Å². The molecule has 0 aliphatic heterocycles. The molecule has 2 heterocycles. The van der Waals surface area contributed by atoms with Gasteiger partial charge >= 0.3 is 6.05 Å². The van der Waals surface area contributed by atoms with Gasteiger partial charge in [0.1, 0.15) is 0 Å². The quantitative estimate of drug-likeness (QED) is 0.739. The molecule has 4 nitrogen and oxygen atoms in total. The van der Waals surface area contributed by atoms with Crippen molar-refractivity contribution in [2.45, 2.75) is 19.9 Å². The Morgan fingerprint density at radius 3 is 2.46 bits per heavy atom. The van der Waals surface area contributed by atoms with Gasteiger partial charge in [-0.05, 0) is 37.4 Å². The van der Waals surface area contributed by atoms with E-state index in [1.165, 1.54) is 40.8 Å². The number of amides is 1. The normalized spacial score (nSPS) is 11.7. The van der Waals surface area contributed by atoms with Crippen LogP contribution in [0.15, 0.2) is 42.0 Å². The zero-order valence-electron chi connectivity index (χ0n) is 13.8. The van der Waals surface area contributed by atoms with E-state index >= 15 is 0 Å². The molecule has 0 aliphatic carbocycles. The highest BCUT2D eigenvalue weighted by molar-refractivity contribution is 7.12. The number of hydrogen-bond acceptors (Lipinski definition) is 3. The molecule has 2 rings (SSSR count). The van der Waals surface area contributed by atoms with Crippen LogP contribution >= 0.6 is 11.3 Å². The standard InChI is InChI=1S/C17H21F2N3OS/c1-3-21(4-2)11-12-22(16(23)15-6-5-13-24-15)17(18,19)14-7-9-20-10-8-14/h5-10,13H,3-4,11-12H2,1-2H3/p+1. The van der Waals surface area contributed by atoms with Gasteiger partial charge in [0.15, 0.2) is 0 Å². The third-order valence-electron chi connectivity index (χ3n) is 4.03. The Bertz CT molecular complexity index is 631. The molecule has 24 heavy (non-hydrogen) atoms. The van der Waals surface area contributed by atoms with Crippen LogP contribution in [0.25, 0.3) is 0 Å². The van der Waals surface area contributed by atoms with Crippen molar-refractivity contribution < 1.29 is 18.5 Å². The first-order valence-electron chi connectivity index (χ1n) is 7.98. The molecule has 7 heteroatoms. The number of thiophene rings is 1. The smallest absolute Gasteiger partial charge is 0.334 e. The Labute approximate surface area is 144 Å². The summed E-state index contributed by atoms with van der Waals surface area (Å²) in [6, 6.07) is 2.39. The molecule has 2 aromatic heterocycles. The fourth-order valence-corrected chi connectivity index (χ4v) is 3.16. The molecule has 0 fully saturated rings. The zero-order chi connectivity index (χ0) is 17.6. The predicted octanol–water partition coefficient (Wildman–Crippen LogP) is 2.26. The van der Waals surface area contributed by atoms with E-state index in [1.54, 1.807) is 17.5 Å². The highest BCUT2D eigenvalue weighted by atomic mass is 32.1. The SMILES string of the molecule is CC[NH+](CC)CCN(C(=O)c1cccs1)C(F)(F)c1ccncc1. The first-order valence-corrected chi connectivity index (χ1v) is 8.86. The van der Waals surface area contributed by atoms with E-state index in [9.17, 15) is 13.6 Å². The third-order valence-corrected chi connectivity index (χ3v) is 4.89. The number of rotatable bonds is 8. The first kappa shape index (κ1) is 18.5. The van der Waals surface area contributed by atoms with Gasteiger partial charge in [0.2, 0.25) is 0 Å². The maximum absolute atomic E-state index is 15.0. The molecule has 130 valence electrons. The van der Waals surface area contributed by atoms with Crippen molar-refractivity contribution in [1.82, 2.24) is 9.88 Å². The summed E-state index contributed by atoms with van der Waals surface area (Å²) in [7, 11) is 0. The summed E-state index contributed by atoms with van der Waals surface area (Å²) in [5.74, 6) is -0.640. The Morgan fingerprint density at radius 2 is 1.92 bits per heavy atom. The van der Waals surface area contributed by atoms with Crippen LogP contribution in [0.1, 0.15) is 29.1 Å². The van der Waals surface area contributed by atoms with Crippen molar-refractivity contribution in [3.05, 3.63) is 52.5 Å². The minimum atomic E-state index is -3.38. The maximum Gasteiger partial charge on any atom is 0.355 e. The van der Waals surface area contributed by atoms with E-state index in [0.29, 0.717) is 16.3 Å². The number of likely N-dealkylation sites (N-methyl/N-ethyl adjacent to an activating group) is 1. The van der Waals surface area contributed by atoms with Gasteiger partial charge in [0.25, 0.3) is 5.91 Å². The summed E-state index contributed by atoms with van der Waals surface area (Å²) >= 11 is 1.17. The van der Waals surface area contributed by atoms with Gasteiger partial charge in [-0.3, -0.25) is 14.7 Å². The lowest BCUT2D eigenvalue weighted by Gasteiger charge is -2.32. The van der Waals surface area contributed by atoms with Crippen molar-refractivity contribution in [1.29, 1.82) is 0 Å².